The Bertz CT molecular complexity index is 903. The lowest BCUT2D eigenvalue weighted by Gasteiger charge is -2.29. The number of benzene rings is 2. The van der Waals surface area contributed by atoms with Gasteiger partial charge >= 0.3 is 0 Å². The highest BCUT2D eigenvalue weighted by Gasteiger charge is 2.32. The van der Waals surface area contributed by atoms with Crippen molar-refractivity contribution in [2.24, 2.45) is 0 Å². The van der Waals surface area contributed by atoms with Crippen LogP contribution in [0.4, 0.5) is 17.6 Å². The van der Waals surface area contributed by atoms with Gasteiger partial charge in [0.2, 0.25) is 0 Å². The predicted molar refractivity (Wildman–Crippen MR) is 105 cm³/mol. The van der Waals surface area contributed by atoms with E-state index in [0.717, 1.165) is 6.42 Å². The second kappa shape index (κ2) is 9.06. The van der Waals surface area contributed by atoms with Crippen molar-refractivity contribution in [2.75, 3.05) is 6.61 Å². The maximum atomic E-state index is 14.5. The van der Waals surface area contributed by atoms with Gasteiger partial charge in [-0.15, -0.1) is 0 Å². The quantitative estimate of drug-likeness (QED) is 0.375. The number of hydrogen-bond acceptors (Lipinski definition) is 2. The Morgan fingerprint density at radius 3 is 2.10 bits per heavy atom. The van der Waals surface area contributed by atoms with Crippen LogP contribution in [-0.4, -0.2) is 12.7 Å². The van der Waals surface area contributed by atoms with Crippen LogP contribution in [0.15, 0.2) is 24.3 Å². The van der Waals surface area contributed by atoms with E-state index in [9.17, 15) is 17.6 Å². The molecule has 2 aromatic carbocycles. The first-order valence-corrected chi connectivity index (χ1v) is 10.7. The number of rotatable bonds is 7. The molecule has 0 N–H and O–H groups in total. The van der Waals surface area contributed by atoms with Gasteiger partial charge in [-0.1, -0.05) is 37.6 Å². The van der Waals surface area contributed by atoms with Gasteiger partial charge in [0, 0.05) is 11.1 Å². The van der Waals surface area contributed by atoms with Gasteiger partial charge in [0.25, 0.3) is 0 Å². The fourth-order valence-corrected chi connectivity index (χ4v) is 4.32. The van der Waals surface area contributed by atoms with Crippen molar-refractivity contribution in [1.29, 1.82) is 0 Å². The van der Waals surface area contributed by atoms with Crippen molar-refractivity contribution in [1.82, 2.24) is 0 Å². The second-order valence-electron chi connectivity index (χ2n) is 8.24. The highest BCUT2D eigenvalue weighted by Crippen LogP contribution is 2.39. The van der Waals surface area contributed by atoms with E-state index in [0.29, 0.717) is 49.8 Å². The van der Waals surface area contributed by atoms with Crippen molar-refractivity contribution < 1.29 is 27.0 Å². The molecule has 0 bridgehead atoms. The number of hydrogen-bond donors (Lipinski definition) is 0. The third-order valence-electron chi connectivity index (χ3n) is 6.17. The summed E-state index contributed by atoms with van der Waals surface area (Å²) in [5.74, 6) is -3.29. The molecule has 30 heavy (non-hydrogen) atoms. The molecule has 162 valence electrons. The molecule has 2 aliphatic rings. The lowest BCUT2D eigenvalue weighted by atomic mass is 9.82. The molecule has 0 aromatic heterocycles. The highest BCUT2D eigenvalue weighted by molar-refractivity contribution is 5.32. The summed E-state index contributed by atoms with van der Waals surface area (Å²) in [6, 6.07) is 6.48. The molecule has 0 amide bonds. The number of ether oxygens (including phenoxy) is 2. The molecule has 2 aromatic rings. The Kier molecular flexibility index (Phi) is 6.44. The summed E-state index contributed by atoms with van der Waals surface area (Å²) in [5.41, 5.74) is 1.27. The first-order chi connectivity index (χ1) is 14.5. The maximum absolute atomic E-state index is 14.5. The fraction of sp³-hybridized carbons (Fsp3) is 0.500. The summed E-state index contributed by atoms with van der Waals surface area (Å²) >= 11 is 0. The van der Waals surface area contributed by atoms with E-state index in [1.54, 1.807) is 24.3 Å². The molecule has 2 fully saturated rings. The van der Waals surface area contributed by atoms with Crippen LogP contribution in [0.5, 0.6) is 0 Å². The van der Waals surface area contributed by atoms with Crippen molar-refractivity contribution in [3.63, 3.8) is 0 Å². The van der Waals surface area contributed by atoms with Gasteiger partial charge in [0.1, 0.15) is 6.10 Å². The topological polar surface area (TPSA) is 21.8 Å². The number of epoxide rings is 1. The highest BCUT2D eigenvalue weighted by atomic mass is 19.2. The molecule has 1 aliphatic carbocycles. The van der Waals surface area contributed by atoms with Crippen LogP contribution in [0, 0.1) is 23.3 Å². The van der Waals surface area contributed by atoms with E-state index >= 15 is 0 Å². The Labute approximate surface area is 174 Å². The third kappa shape index (κ3) is 4.40. The summed E-state index contributed by atoms with van der Waals surface area (Å²) in [6.45, 7) is 2.36. The largest absolute Gasteiger partial charge is 0.373 e. The molecule has 1 atom stereocenters. The van der Waals surface area contributed by atoms with Crippen LogP contribution >= 0.6 is 0 Å². The summed E-state index contributed by atoms with van der Waals surface area (Å²) < 4.78 is 68.1. The molecule has 2 nitrogen and oxygen atoms in total. The summed E-state index contributed by atoms with van der Waals surface area (Å²) in [7, 11) is 0. The SMILES string of the molecule is CCCc1ccc(COC2CCC(c3ccc(C4CO4)c(F)c3F)CC2)c(F)c1F. The van der Waals surface area contributed by atoms with E-state index < -0.39 is 23.3 Å². The van der Waals surface area contributed by atoms with E-state index in [4.69, 9.17) is 9.47 Å². The summed E-state index contributed by atoms with van der Waals surface area (Å²) in [4.78, 5) is 0. The molecule has 4 rings (SSSR count). The van der Waals surface area contributed by atoms with E-state index in [1.807, 2.05) is 6.92 Å². The predicted octanol–water partition coefficient (Wildman–Crippen LogP) is 6.51. The van der Waals surface area contributed by atoms with Gasteiger partial charge < -0.3 is 9.47 Å². The van der Waals surface area contributed by atoms with E-state index in [2.05, 4.69) is 0 Å². The molecule has 1 unspecified atom stereocenters. The Balaban J connectivity index is 1.33. The van der Waals surface area contributed by atoms with Gasteiger partial charge in [-0.3, -0.25) is 0 Å². The van der Waals surface area contributed by atoms with Gasteiger partial charge in [0.15, 0.2) is 23.3 Å². The van der Waals surface area contributed by atoms with Crippen molar-refractivity contribution >= 4 is 0 Å². The van der Waals surface area contributed by atoms with Crippen LogP contribution in [0.3, 0.4) is 0 Å². The molecular formula is C24H26F4O2. The molecule has 1 aliphatic heterocycles. The molecule has 1 saturated heterocycles. The minimum atomic E-state index is -0.841. The van der Waals surface area contributed by atoms with Gasteiger partial charge in [-0.2, -0.15) is 0 Å². The maximum Gasteiger partial charge on any atom is 0.165 e. The molecular weight excluding hydrogens is 396 g/mol. The summed E-state index contributed by atoms with van der Waals surface area (Å²) in [6.07, 6.45) is 3.47. The average Bonchev–Trinajstić information content (AvgIpc) is 3.59. The normalized spacial score (nSPS) is 23.6. The second-order valence-corrected chi connectivity index (χ2v) is 8.24. The van der Waals surface area contributed by atoms with Gasteiger partial charge in [0.05, 0.1) is 19.3 Å². The van der Waals surface area contributed by atoms with Crippen LogP contribution in [0.1, 0.15) is 73.3 Å². The van der Waals surface area contributed by atoms with Crippen LogP contribution < -0.4 is 0 Å². The Morgan fingerprint density at radius 2 is 1.43 bits per heavy atom. The minimum absolute atomic E-state index is 0.00354. The van der Waals surface area contributed by atoms with E-state index in [-0.39, 0.29) is 35.9 Å². The van der Waals surface area contributed by atoms with Gasteiger partial charge in [-0.05, 0) is 49.1 Å². The lowest BCUT2D eigenvalue weighted by Crippen LogP contribution is -2.22. The van der Waals surface area contributed by atoms with Crippen LogP contribution in [0.2, 0.25) is 0 Å². The zero-order chi connectivity index (χ0) is 21.3. The van der Waals surface area contributed by atoms with Crippen molar-refractivity contribution in [2.45, 2.75) is 70.2 Å². The fourth-order valence-electron chi connectivity index (χ4n) is 4.32. The average molecular weight is 422 g/mol. The first kappa shape index (κ1) is 21.3. The molecule has 0 spiro atoms. The minimum Gasteiger partial charge on any atom is -0.373 e. The van der Waals surface area contributed by atoms with Crippen molar-refractivity contribution in [3.8, 4) is 0 Å². The Hall–Kier alpha value is -1.92. The van der Waals surface area contributed by atoms with Crippen LogP contribution in [0.25, 0.3) is 0 Å². The summed E-state index contributed by atoms with van der Waals surface area (Å²) in [5, 5.41) is 0. The molecule has 1 heterocycles. The molecule has 0 radical (unpaired) electrons. The number of halogens is 4. The van der Waals surface area contributed by atoms with Crippen LogP contribution in [-0.2, 0) is 22.5 Å². The molecule has 6 heteroatoms. The third-order valence-corrected chi connectivity index (χ3v) is 6.17. The number of aryl methyl sites for hydroxylation is 1. The standard InChI is InChI=1S/C24H26F4O2/c1-2-3-15-4-5-16(22(26)21(15)25)12-29-17-8-6-14(7-9-17)18-10-11-19(20-13-30-20)24(28)23(18)27/h4-5,10-11,14,17,20H,2-3,6-9,12-13H2,1H3. The monoisotopic (exact) mass is 422 g/mol. The van der Waals surface area contributed by atoms with Gasteiger partial charge in [-0.25, -0.2) is 17.6 Å². The zero-order valence-electron chi connectivity index (χ0n) is 17.0. The van der Waals surface area contributed by atoms with E-state index in [1.165, 1.54) is 0 Å². The smallest absolute Gasteiger partial charge is 0.165 e. The van der Waals surface area contributed by atoms with Crippen molar-refractivity contribution in [3.05, 3.63) is 69.8 Å². The Morgan fingerprint density at radius 1 is 0.833 bits per heavy atom. The zero-order valence-corrected chi connectivity index (χ0v) is 17.0. The first-order valence-electron chi connectivity index (χ1n) is 10.7. The lowest BCUT2D eigenvalue weighted by molar-refractivity contribution is 0.0116. The molecule has 1 saturated carbocycles.